The third-order valence-corrected chi connectivity index (χ3v) is 5.50. The lowest BCUT2D eigenvalue weighted by atomic mass is 9.94. The number of nitrogens with one attached hydrogen (secondary N) is 2. The Morgan fingerprint density at radius 1 is 1.07 bits per heavy atom. The SMILES string of the molecule is C[C@H](C(=O)NCc1ccc(Cl)cc1)N1CCC(C(=O)Nc2ccccc2)CC1. The topological polar surface area (TPSA) is 61.4 Å². The lowest BCUT2D eigenvalue weighted by Gasteiger charge is -2.34. The zero-order valence-electron chi connectivity index (χ0n) is 16.0. The Balaban J connectivity index is 1.43. The molecule has 6 heteroatoms. The number of anilines is 1. The molecular formula is C22H26ClN3O2. The molecule has 0 radical (unpaired) electrons. The van der Waals surface area contributed by atoms with E-state index in [9.17, 15) is 9.59 Å². The molecule has 1 aliphatic heterocycles. The average molecular weight is 400 g/mol. The molecule has 28 heavy (non-hydrogen) atoms. The highest BCUT2D eigenvalue weighted by atomic mass is 35.5. The zero-order chi connectivity index (χ0) is 19.9. The summed E-state index contributed by atoms with van der Waals surface area (Å²) < 4.78 is 0. The first-order valence-corrected chi connectivity index (χ1v) is 10.0. The Bertz CT molecular complexity index is 787. The molecule has 0 aliphatic carbocycles. The van der Waals surface area contributed by atoms with E-state index >= 15 is 0 Å². The number of piperidine rings is 1. The maximum atomic E-state index is 12.5. The molecule has 0 saturated carbocycles. The molecule has 0 spiro atoms. The summed E-state index contributed by atoms with van der Waals surface area (Å²) in [6.45, 7) is 3.88. The fourth-order valence-electron chi connectivity index (χ4n) is 3.42. The normalized spacial score (nSPS) is 16.4. The summed E-state index contributed by atoms with van der Waals surface area (Å²) in [5, 5.41) is 6.64. The molecule has 2 amide bonds. The number of rotatable bonds is 6. The smallest absolute Gasteiger partial charge is 0.237 e. The van der Waals surface area contributed by atoms with Gasteiger partial charge in [-0.2, -0.15) is 0 Å². The van der Waals surface area contributed by atoms with E-state index in [1.807, 2.05) is 61.5 Å². The van der Waals surface area contributed by atoms with Gasteiger partial charge in [0.05, 0.1) is 6.04 Å². The average Bonchev–Trinajstić information content (AvgIpc) is 2.73. The highest BCUT2D eigenvalue weighted by Gasteiger charge is 2.29. The van der Waals surface area contributed by atoms with Crippen LogP contribution in [0.5, 0.6) is 0 Å². The van der Waals surface area contributed by atoms with Crippen molar-refractivity contribution in [3.05, 3.63) is 65.2 Å². The van der Waals surface area contributed by atoms with Gasteiger partial charge in [0.15, 0.2) is 0 Å². The number of amides is 2. The van der Waals surface area contributed by atoms with Gasteiger partial charge in [-0.1, -0.05) is 41.9 Å². The zero-order valence-corrected chi connectivity index (χ0v) is 16.8. The van der Waals surface area contributed by atoms with Gasteiger partial charge >= 0.3 is 0 Å². The maximum Gasteiger partial charge on any atom is 0.237 e. The minimum absolute atomic E-state index is 0.00198. The fourth-order valence-corrected chi connectivity index (χ4v) is 3.55. The summed E-state index contributed by atoms with van der Waals surface area (Å²) in [6, 6.07) is 16.7. The highest BCUT2D eigenvalue weighted by Crippen LogP contribution is 2.21. The van der Waals surface area contributed by atoms with Crippen LogP contribution in [0, 0.1) is 5.92 Å². The molecule has 1 aliphatic rings. The van der Waals surface area contributed by atoms with E-state index in [-0.39, 0.29) is 23.8 Å². The van der Waals surface area contributed by atoms with Crippen LogP contribution in [0.4, 0.5) is 5.69 Å². The first-order chi connectivity index (χ1) is 13.5. The van der Waals surface area contributed by atoms with Gasteiger partial charge in [0.25, 0.3) is 0 Å². The first kappa shape index (κ1) is 20.4. The maximum absolute atomic E-state index is 12.5. The van der Waals surface area contributed by atoms with Crippen LogP contribution in [0.3, 0.4) is 0 Å². The molecule has 2 aromatic carbocycles. The monoisotopic (exact) mass is 399 g/mol. The van der Waals surface area contributed by atoms with Crippen LogP contribution in [-0.4, -0.2) is 35.8 Å². The molecule has 2 N–H and O–H groups in total. The van der Waals surface area contributed by atoms with E-state index in [1.165, 1.54) is 0 Å². The Hall–Kier alpha value is -2.37. The predicted molar refractivity (Wildman–Crippen MR) is 112 cm³/mol. The third kappa shape index (κ3) is 5.57. The number of carbonyl (C=O) groups excluding carboxylic acids is 2. The molecule has 5 nitrogen and oxygen atoms in total. The summed E-state index contributed by atoms with van der Waals surface area (Å²) in [5.41, 5.74) is 1.84. The second kappa shape index (κ2) is 9.71. The van der Waals surface area contributed by atoms with Gasteiger partial charge in [-0.15, -0.1) is 0 Å². The van der Waals surface area contributed by atoms with Crippen LogP contribution in [-0.2, 0) is 16.1 Å². The van der Waals surface area contributed by atoms with Gasteiger partial charge in [0, 0.05) is 23.2 Å². The van der Waals surface area contributed by atoms with Crippen molar-refractivity contribution in [1.82, 2.24) is 10.2 Å². The lowest BCUT2D eigenvalue weighted by molar-refractivity contribution is -0.127. The molecule has 0 aromatic heterocycles. The van der Waals surface area contributed by atoms with Gasteiger partial charge in [-0.3, -0.25) is 14.5 Å². The van der Waals surface area contributed by atoms with E-state index < -0.39 is 0 Å². The standard InChI is InChI=1S/C22H26ClN3O2/c1-16(21(27)24-15-17-7-9-19(23)10-8-17)26-13-11-18(12-14-26)22(28)25-20-5-3-2-4-6-20/h2-10,16,18H,11-15H2,1H3,(H,24,27)(H,25,28)/t16-/m1/s1. The fraction of sp³-hybridized carbons (Fsp3) is 0.364. The number of nitrogens with zero attached hydrogens (tertiary/aromatic N) is 1. The Kier molecular flexibility index (Phi) is 7.06. The van der Waals surface area contributed by atoms with Crippen molar-refractivity contribution in [2.45, 2.75) is 32.4 Å². The Morgan fingerprint density at radius 2 is 1.71 bits per heavy atom. The van der Waals surface area contributed by atoms with Gasteiger partial charge in [-0.25, -0.2) is 0 Å². The number of hydrogen-bond donors (Lipinski definition) is 2. The molecule has 0 unspecified atom stereocenters. The van der Waals surface area contributed by atoms with E-state index in [4.69, 9.17) is 11.6 Å². The molecular weight excluding hydrogens is 374 g/mol. The second-order valence-corrected chi connectivity index (χ2v) is 7.62. The van der Waals surface area contributed by atoms with Crippen LogP contribution in [0.15, 0.2) is 54.6 Å². The van der Waals surface area contributed by atoms with Crippen LogP contribution in [0.25, 0.3) is 0 Å². The summed E-state index contributed by atoms with van der Waals surface area (Å²) in [6.07, 6.45) is 1.51. The largest absolute Gasteiger partial charge is 0.351 e. The van der Waals surface area contributed by atoms with E-state index in [0.717, 1.165) is 37.2 Å². The molecule has 1 atom stereocenters. The quantitative estimate of drug-likeness (QED) is 0.778. The van der Waals surface area contributed by atoms with E-state index in [0.29, 0.717) is 11.6 Å². The van der Waals surface area contributed by atoms with Crippen molar-refractivity contribution in [2.75, 3.05) is 18.4 Å². The first-order valence-electron chi connectivity index (χ1n) is 9.65. The number of para-hydroxylation sites is 1. The van der Waals surface area contributed by atoms with Crippen LogP contribution >= 0.6 is 11.6 Å². The summed E-state index contributed by atoms with van der Waals surface area (Å²) in [7, 11) is 0. The number of likely N-dealkylation sites (tertiary alicyclic amines) is 1. The highest BCUT2D eigenvalue weighted by molar-refractivity contribution is 6.30. The van der Waals surface area contributed by atoms with Crippen molar-refractivity contribution >= 4 is 29.1 Å². The lowest BCUT2D eigenvalue weighted by Crippen LogP contribution is -2.49. The van der Waals surface area contributed by atoms with E-state index in [1.54, 1.807) is 0 Å². The van der Waals surface area contributed by atoms with Crippen molar-refractivity contribution < 1.29 is 9.59 Å². The number of carbonyl (C=O) groups is 2. The van der Waals surface area contributed by atoms with Crippen LogP contribution in [0.2, 0.25) is 5.02 Å². The van der Waals surface area contributed by atoms with Gasteiger partial charge < -0.3 is 10.6 Å². The van der Waals surface area contributed by atoms with Crippen LogP contribution in [0.1, 0.15) is 25.3 Å². The summed E-state index contributed by atoms with van der Waals surface area (Å²) in [4.78, 5) is 27.1. The van der Waals surface area contributed by atoms with E-state index in [2.05, 4.69) is 15.5 Å². The molecule has 3 rings (SSSR count). The van der Waals surface area contributed by atoms with Crippen molar-refractivity contribution in [3.8, 4) is 0 Å². The second-order valence-electron chi connectivity index (χ2n) is 7.19. The van der Waals surface area contributed by atoms with Crippen molar-refractivity contribution in [1.29, 1.82) is 0 Å². The third-order valence-electron chi connectivity index (χ3n) is 5.25. The number of halogens is 1. The van der Waals surface area contributed by atoms with Crippen molar-refractivity contribution in [3.63, 3.8) is 0 Å². The minimum atomic E-state index is -0.217. The van der Waals surface area contributed by atoms with Crippen LogP contribution < -0.4 is 10.6 Å². The predicted octanol–water partition coefficient (Wildman–Crippen LogP) is 3.70. The molecule has 148 valence electrons. The number of benzene rings is 2. The summed E-state index contributed by atoms with van der Waals surface area (Å²) in [5.74, 6) is 0.0496. The Labute approximate surface area is 171 Å². The summed E-state index contributed by atoms with van der Waals surface area (Å²) >= 11 is 5.88. The van der Waals surface area contributed by atoms with Crippen molar-refractivity contribution in [2.24, 2.45) is 5.92 Å². The molecule has 1 heterocycles. The van der Waals surface area contributed by atoms with Gasteiger partial charge in [0.1, 0.15) is 0 Å². The minimum Gasteiger partial charge on any atom is -0.351 e. The molecule has 0 bridgehead atoms. The Morgan fingerprint density at radius 3 is 2.36 bits per heavy atom. The molecule has 1 fully saturated rings. The number of hydrogen-bond acceptors (Lipinski definition) is 3. The molecule has 1 saturated heterocycles. The van der Waals surface area contributed by atoms with Gasteiger partial charge in [-0.05, 0) is 62.7 Å². The molecule has 2 aromatic rings. The van der Waals surface area contributed by atoms with Gasteiger partial charge in [0.2, 0.25) is 11.8 Å².